The molecule has 0 aliphatic carbocycles. The summed E-state index contributed by atoms with van der Waals surface area (Å²) in [5.41, 5.74) is 2.48. The van der Waals surface area contributed by atoms with Gasteiger partial charge in [0.05, 0.1) is 5.56 Å². The number of carbonyl (C=O) groups is 1. The zero-order valence-electron chi connectivity index (χ0n) is 21.6. The van der Waals surface area contributed by atoms with E-state index in [0.29, 0.717) is 40.8 Å². The van der Waals surface area contributed by atoms with Crippen molar-refractivity contribution in [3.63, 3.8) is 0 Å². The van der Waals surface area contributed by atoms with Gasteiger partial charge >= 0.3 is 5.97 Å². The molecule has 3 aromatic carbocycles. The summed E-state index contributed by atoms with van der Waals surface area (Å²) in [7, 11) is 0. The summed E-state index contributed by atoms with van der Waals surface area (Å²) in [5, 5.41) is 10.9. The molecule has 0 saturated heterocycles. The molecule has 7 nitrogen and oxygen atoms in total. The summed E-state index contributed by atoms with van der Waals surface area (Å²) in [5.74, 6) is 1.33. The highest BCUT2D eigenvalue weighted by Gasteiger charge is 2.18. The van der Waals surface area contributed by atoms with E-state index in [1.807, 2.05) is 60.7 Å². The van der Waals surface area contributed by atoms with Gasteiger partial charge < -0.3 is 14.6 Å². The highest BCUT2D eigenvalue weighted by Crippen LogP contribution is 2.33. The average Bonchev–Trinajstić information content (AvgIpc) is 2.95. The topological polar surface area (TPSA) is 94.4 Å². The van der Waals surface area contributed by atoms with Crippen molar-refractivity contribution in [3.05, 3.63) is 91.0 Å². The van der Waals surface area contributed by atoms with Crippen LogP contribution in [0.4, 0.5) is 0 Å². The monoisotopic (exact) mass is 509 g/mol. The molecule has 194 valence electrons. The Morgan fingerprint density at radius 3 is 2.00 bits per heavy atom. The van der Waals surface area contributed by atoms with Crippen LogP contribution in [0.25, 0.3) is 34.2 Å². The summed E-state index contributed by atoms with van der Waals surface area (Å²) in [6.45, 7) is 7.50. The molecular formula is C31H31N3O4. The van der Waals surface area contributed by atoms with E-state index >= 15 is 0 Å². The van der Waals surface area contributed by atoms with Gasteiger partial charge in [-0.05, 0) is 31.9 Å². The van der Waals surface area contributed by atoms with Crippen LogP contribution in [-0.4, -0.2) is 38.7 Å². The summed E-state index contributed by atoms with van der Waals surface area (Å²) >= 11 is 0. The minimum Gasteiger partial charge on any atom is -0.507 e. The second-order valence-corrected chi connectivity index (χ2v) is 8.98. The zero-order valence-corrected chi connectivity index (χ0v) is 21.6. The second kappa shape index (κ2) is 12.6. The molecule has 0 saturated carbocycles. The number of benzene rings is 3. The normalized spacial score (nSPS) is 11.5. The van der Waals surface area contributed by atoms with Crippen LogP contribution in [0.2, 0.25) is 0 Å². The van der Waals surface area contributed by atoms with Crippen LogP contribution in [0.5, 0.6) is 11.5 Å². The molecule has 0 fully saturated rings. The number of aromatic nitrogens is 3. The number of phenolic OH excluding ortho intramolecular Hbond substituents is 1. The minimum atomic E-state index is -0.439. The van der Waals surface area contributed by atoms with E-state index in [2.05, 4.69) is 28.5 Å². The first-order valence-corrected chi connectivity index (χ1v) is 12.6. The number of nitrogens with zero attached hydrogens (tertiary/aromatic N) is 3. The second-order valence-electron chi connectivity index (χ2n) is 8.98. The molecule has 1 unspecified atom stereocenters. The van der Waals surface area contributed by atoms with E-state index in [-0.39, 0.29) is 12.4 Å². The van der Waals surface area contributed by atoms with Crippen molar-refractivity contribution in [2.24, 2.45) is 0 Å². The quantitative estimate of drug-likeness (QED) is 0.179. The van der Waals surface area contributed by atoms with Crippen LogP contribution in [0.3, 0.4) is 0 Å². The van der Waals surface area contributed by atoms with Crippen LogP contribution in [-0.2, 0) is 9.53 Å². The van der Waals surface area contributed by atoms with Crippen LogP contribution in [0.1, 0.15) is 33.1 Å². The fourth-order valence-electron chi connectivity index (χ4n) is 3.77. The van der Waals surface area contributed by atoms with Crippen LogP contribution in [0, 0.1) is 0 Å². The number of esters is 1. The van der Waals surface area contributed by atoms with Crippen LogP contribution >= 0.6 is 0 Å². The van der Waals surface area contributed by atoms with Gasteiger partial charge in [-0.25, -0.2) is 19.7 Å². The van der Waals surface area contributed by atoms with Crippen molar-refractivity contribution in [1.82, 2.24) is 15.0 Å². The molecule has 4 rings (SSSR count). The van der Waals surface area contributed by atoms with Gasteiger partial charge in [0.1, 0.15) is 24.2 Å². The highest BCUT2D eigenvalue weighted by molar-refractivity contribution is 5.87. The minimum absolute atomic E-state index is 0.0317. The lowest BCUT2D eigenvalue weighted by atomic mass is 10.1. The van der Waals surface area contributed by atoms with E-state index in [0.717, 1.165) is 24.0 Å². The predicted molar refractivity (Wildman–Crippen MR) is 148 cm³/mol. The first kappa shape index (κ1) is 26.5. The zero-order chi connectivity index (χ0) is 26.9. The predicted octanol–water partition coefficient (Wildman–Crippen LogP) is 6.64. The SMILES string of the molecule is C=C(C)C(=O)OC(CCCC)COc1ccc(-c2nc(-c3ccccc3)nc(-c3ccccc3)n2)c(O)c1. The summed E-state index contributed by atoms with van der Waals surface area (Å²) in [4.78, 5) is 26.0. The van der Waals surface area contributed by atoms with Gasteiger partial charge in [0.25, 0.3) is 0 Å². The van der Waals surface area contributed by atoms with E-state index in [9.17, 15) is 9.90 Å². The third-order valence-corrected chi connectivity index (χ3v) is 5.85. The Labute approximate surface area is 222 Å². The van der Waals surface area contributed by atoms with Crippen LogP contribution < -0.4 is 4.74 Å². The molecule has 1 aromatic heterocycles. The van der Waals surface area contributed by atoms with Crippen molar-refractivity contribution in [3.8, 4) is 45.7 Å². The Balaban J connectivity index is 1.61. The number of hydrogen-bond acceptors (Lipinski definition) is 7. The Hall–Kier alpha value is -4.52. The maximum Gasteiger partial charge on any atom is 0.333 e. The van der Waals surface area contributed by atoms with Gasteiger partial charge in [-0.2, -0.15) is 0 Å². The first-order valence-electron chi connectivity index (χ1n) is 12.6. The van der Waals surface area contributed by atoms with Gasteiger partial charge in [0, 0.05) is 22.8 Å². The Morgan fingerprint density at radius 2 is 1.47 bits per heavy atom. The smallest absolute Gasteiger partial charge is 0.333 e. The fourth-order valence-corrected chi connectivity index (χ4v) is 3.77. The number of carbonyl (C=O) groups excluding carboxylic acids is 1. The third-order valence-electron chi connectivity index (χ3n) is 5.85. The number of ether oxygens (including phenoxy) is 2. The molecule has 0 aliphatic rings. The molecule has 0 aliphatic heterocycles. The lowest BCUT2D eigenvalue weighted by molar-refractivity contribution is -0.146. The lowest BCUT2D eigenvalue weighted by Crippen LogP contribution is -2.25. The molecule has 1 heterocycles. The maximum atomic E-state index is 12.0. The Bertz CT molecular complexity index is 1330. The molecule has 0 spiro atoms. The van der Waals surface area contributed by atoms with E-state index in [1.54, 1.807) is 19.1 Å². The van der Waals surface area contributed by atoms with Crippen molar-refractivity contribution < 1.29 is 19.4 Å². The summed E-state index contributed by atoms with van der Waals surface area (Å²) in [6, 6.07) is 24.2. The van der Waals surface area contributed by atoms with Crippen molar-refractivity contribution in [1.29, 1.82) is 0 Å². The lowest BCUT2D eigenvalue weighted by Gasteiger charge is -2.19. The van der Waals surface area contributed by atoms with Gasteiger partial charge in [-0.3, -0.25) is 0 Å². The average molecular weight is 510 g/mol. The third kappa shape index (κ3) is 6.82. The number of aromatic hydroxyl groups is 1. The van der Waals surface area contributed by atoms with Gasteiger partial charge in [0.15, 0.2) is 17.5 Å². The number of phenols is 1. The van der Waals surface area contributed by atoms with E-state index < -0.39 is 12.1 Å². The van der Waals surface area contributed by atoms with Gasteiger partial charge in [0.2, 0.25) is 0 Å². The number of unbranched alkanes of at least 4 members (excludes halogenated alkanes) is 1. The molecule has 0 radical (unpaired) electrons. The first-order chi connectivity index (χ1) is 18.4. The largest absolute Gasteiger partial charge is 0.507 e. The highest BCUT2D eigenvalue weighted by atomic mass is 16.6. The molecule has 38 heavy (non-hydrogen) atoms. The molecule has 0 bridgehead atoms. The van der Waals surface area contributed by atoms with Gasteiger partial charge in [-0.15, -0.1) is 0 Å². The Morgan fingerprint density at radius 1 is 0.895 bits per heavy atom. The van der Waals surface area contributed by atoms with Crippen molar-refractivity contribution >= 4 is 5.97 Å². The molecule has 1 atom stereocenters. The summed E-state index contributed by atoms with van der Waals surface area (Å²) in [6.07, 6.45) is 2.13. The Kier molecular flexibility index (Phi) is 8.82. The van der Waals surface area contributed by atoms with Gasteiger partial charge in [-0.1, -0.05) is 80.6 Å². The van der Waals surface area contributed by atoms with Crippen molar-refractivity contribution in [2.75, 3.05) is 6.61 Å². The summed E-state index contributed by atoms with van der Waals surface area (Å²) < 4.78 is 11.4. The van der Waals surface area contributed by atoms with Crippen LogP contribution in [0.15, 0.2) is 91.0 Å². The van der Waals surface area contributed by atoms with E-state index in [4.69, 9.17) is 9.47 Å². The molecular weight excluding hydrogens is 478 g/mol. The molecule has 7 heteroatoms. The number of hydrogen-bond donors (Lipinski definition) is 1. The van der Waals surface area contributed by atoms with E-state index in [1.165, 1.54) is 6.07 Å². The molecule has 0 amide bonds. The fraction of sp³-hybridized carbons (Fsp3) is 0.226. The number of rotatable bonds is 11. The molecule has 4 aromatic rings. The van der Waals surface area contributed by atoms with Crippen molar-refractivity contribution in [2.45, 2.75) is 39.2 Å². The standard InChI is InChI=1S/C31H31N3O4/c1-4-5-16-25(38-31(36)21(2)3)20-37-24-17-18-26(27(35)19-24)30-33-28(22-12-8-6-9-13-22)32-29(34-30)23-14-10-7-11-15-23/h6-15,17-19,25,35H,2,4-5,16,20H2,1,3H3. The maximum absolute atomic E-state index is 12.0. The molecule has 1 N–H and O–H groups in total.